The van der Waals surface area contributed by atoms with Gasteiger partial charge >= 0.3 is 0 Å². The number of para-hydroxylation sites is 1. The molecule has 8 heteroatoms. The molecule has 0 saturated carbocycles. The van der Waals surface area contributed by atoms with Crippen molar-refractivity contribution < 1.29 is 14.3 Å². The SMILES string of the molecule is CC(C)CCC(=Cc1ccccc1)C(=O)Nc1cccc2c1OC(c1nn[nH]n1)CO2. The Morgan fingerprint density at radius 3 is 2.81 bits per heavy atom. The van der Waals surface area contributed by atoms with Gasteiger partial charge in [0.15, 0.2) is 17.6 Å². The number of amides is 1. The van der Waals surface area contributed by atoms with Gasteiger partial charge in [-0.3, -0.25) is 4.79 Å². The number of hydrogen-bond donors (Lipinski definition) is 2. The maximum atomic E-state index is 13.2. The molecule has 2 aromatic carbocycles. The molecule has 2 N–H and O–H groups in total. The first-order valence-corrected chi connectivity index (χ1v) is 10.3. The molecule has 160 valence electrons. The summed E-state index contributed by atoms with van der Waals surface area (Å²) in [6.07, 6.45) is 3.02. The van der Waals surface area contributed by atoms with Gasteiger partial charge in [-0.1, -0.05) is 55.5 Å². The fourth-order valence-corrected chi connectivity index (χ4v) is 3.27. The zero-order valence-electron chi connectivity index (χ0n) is 17.5. The number of tetrazole rings is 1. The minimum atomic E-state index is -0.510. The summed E-state index contributed by atoms with van der Waals surface area (Å²) in [5, 5.41) is 16.9. The van der Waals surface area contributed by atoms with Crippen LogP contribution in [0.3, 0.4) is 0 Å². The van der Waals surface area contributed by atoms with E-state index in [9.17, 15) is 4.79 Å². The van der Waals surface area contributed by atoms with Gasteiger partial charge in [0.2, 0.25) is 5.82 Å². The normalized spacial score (nSPS) is 15.7. The van der Waals surface area contributed by atoms with E-state index in [2.05, 4.69) is 39.8 Å². The Morgan fingerprint density at radius 2 is 2.06 bits per heavy atom. The summed E-state index contributed by atoms with van der Waals surface area (Å²) in [6.45, 7) is 4.56. The highest BCUT2D eigenvalue weighted by atomic mass is 16.6. The maximum absolute atomic E-state index is 13.2. The van der Waals surface area contributed by atoms with Crippen molar-refractivity contribution in [2.45, 2.75) is 32.8 Å². The summed E-state index contributed by atoms with van der Waals surface area (Å²) in [6, 6.07) is 15.3. The van der Waals surface area contributed by atoms with Crippen LogP contribution in [-0.2, 0) is 4.79 Å². The molecule has 0 spiro atoms. The lowest BCUT2D eigenvalue weighted by Crippen LogP contribution is -2.24. The van der Waals surface area contributed by atoms with Crippen LogP contribution in [0.1, 0.15) is 44.2 Å². The second-order valence-corrected chi connectivity index (χ2v) is 7.79. The third-order valence-electron chi connectivity index (χ3n) is 4.95. The topological polar surface area (TPSA) is 102 Å². The summed E-state index contributed by atoms with van der Waals surface area (Å²) in [5.74, 6) is 1.74. The quantitative estimate of drug-likeness (QED) is 0.557. The van der Waals surface area contributed by atoms with Gasteiger partial charge in [-0.05, 0) is 42.5 Å². The number of anilines is 1. The van der Waals surface area contributed by atoms with Crippen LogP contribution in [0.4, 0.5) is 5.69 Å². The highest BCUT2D eigenvalue weighted by Gasteiger charge is 2.28. The summed E-state index contributed by atoms with van der Waals surface area (Å²) in [4.78, 5) is 13.2. The molecule has 31 heavy (non-hydrogen) atoms. The minimum Gasteiger partial charge on any atom is -0.485 e. The van der Waals surface area contributed by atoms with E-state index in [1.807, 2.05) is 42.5 Å². The van der Waals surface area contributed by atoms with Crippen molar-refractivity contribution >= 4 is 17.7 Å². The molecule has 3 aromatic rings. The Hall–Kier alpha value is -3.68. The molecule has 1 unspecified atom stereocenters. The molecule has 1 aromatic heterocycles. The molecule has 8 nitrogen and oxygen atoms in total. The summed E-state index contributed by atoms with van der Waals surface area (Å²) < 4.78 is 11.9. The molecule has 0 radical (unpaired) electrons. The highest BCUT2D eigenvalue weighted by Crippen LogP contribution is 2.41. The monoisotopic (exact) mass is 419 g/mol. The van der Waals surface area contributed by atoms with E-state index in [1.165, 1.54) is 0 Å². The number of aromatic nitrogens is 4. The smallest absolute Gasteiger partial charge is 0.251 e. The zero-order chi connectivity index (χ0) is 21.6. The van der Waals surface area contributed by atoms with Crippen molar-refractivity contribution in [2.24, 2.45) is 5.92 Å². The number of ether oxygens (including phenoxy) is 2. The van der Waals surface area contributed by atoms with E-state index >= 15 is 0 Å². The fraction of sp³-hybridized carbons (Fsp3) is 0.304. The molecule has 1 atom stereocenters. The number of rotatable bonds is 7. The fourth-order valence-electron chi connectivity index (χ4n) is 3.27. The Labute approximate surface area is 180 Å². The number of aromatic amines is 1. The molecule has 0 bridgehead atoms. The molecule has 0 aliphatic carbocycles. The lowest BCUT2D eigenvalue weighted by atomic mass is 10.00. The first-order valence-electron chi connectivity index (χ1n) is 10.3. The van der Waals surface area contributed by atoms with Gasteiger partial charge in [0.05, 0.1) is 5.69 Å². The number of carbonyl (C=O) groups excluding carboxylic acids is 1. The lowest BCUT2D eigenvalue weighted by Gasteiger charge is -2.26. The standard InChI is InChI=1S/C23H25N5O3/c1-15(2)11-12-17(13-16-7-4-3-5-8-16)23(29)24-18-9-6-10-19-21(18)31-20(14-30-19)22-25-27-28-26-22/h3-10,13,15,20H,11-12,14H2,1-2H3,(H,24,29)(H,25,26,27,28). The first kappa shape index (κ1) is 20.6. The number of hydrogen-bond acceptors (Lipinski definition) is 6. The van der Waals surface area contributed by atoms with Crippen LogP contribution in [-0.4, -0.2) is 33.1 Å². The van der Waals surface area contributed by atoms with E-state index in [1.54, 1.807) is 12.1 Å². The predicted molar refractivity (Wildman–Crippen MR) is 117 cm³/mol. The van der Waals surface area contributed by atoms with Crippen molar-refractivity contribution in [3.05, 3.63) is 65.5 Å². The maximum Gasteiger partial charge on any atom is 0.251 e. The van der Waals surface area contributed by atoms with Crippen LogP contribution in [0.15, 0.2) is 54.1 Å². The van der Waals surface area contributed by atoms with Crippen molar-refractivity contribution in [1.29, 1.82) is 0 Å². The van der Waals surface area contributed by atoms with Crippen LogP contribution < -0.4 is 14.8 Å². The van der Waals surface area contributed by atoms with Crippen LogP contribution in [0.5, 0.6) is 11.5 Å². The average molecular weight is 419 g/mol. The van der Waals surface area contributed by atoms with E-state index < -0.39 is 6.10 Å². The van der Waals surface area contributed by atoms with Gasteiger partial charge in [0.25, 0.3) is 5.91 Å². The molecule has 1 aliphatic rings. The van der Waals surface area contributed by atoms with E-state index in [0.29, 0.717) is 40.9 Å². The third kappa shape index (κ3) is 5.09. The predicted octanol–water partition coefficient (Wildman–Crippen LogP) is 4.17. The molecule has 4 rings (SSSR count). The van der Waals surface area contributed by atoms with Gasteiger partial charge in [-0.15, -0.1) is 10.2 Å². The molecular weight excluding hydrogens is 394 g/mol. The average Bonchev–Trinajstić information content (AvgIpc) is 3.32. The van der Waals surface area contributed by atoms with Crippen LogP contribution in [0.2, 0.25) is 0 Å². The van der Waals surface area contributed by atoms with Gasteiger partial charge in [0, 0.05) is 5.57 Å². The van der Waals surface area contributed by atoms with Gasteiger partial charge in [-0.2, -0.15) is 5.21 Å². The van der Waals surface area contributed by atoms with Crippen LogP contribution >= 0.6 is 0 Å². The van der Waals surface area contributed by atoms with Gasteiger partial charge < -0.3 is 14.8 Å². The zero-order valence-corrected chi connectivity index (χ0v) is 17.5. The Kier molecular flexibility index (Phi) is 6.26. The second-order valence-electron chi connectivity index (χ2n) is 7.79. The lowest BCUT2D eigenvalue weighted by molar-refractivity contribution is -0.113. The summed E-state index contributed by atoms with van der Waals surface area (Å²) >= 11 is 0. The number of nitrogens with one attached hydrogen (secondary N) is 2. The number of H-pyrrole nitrogens is 1. The van der Waals surface area contributed by atoms with Crippen LogP contribution in [0, 0.1) is 5.92 Å². The molecular formula is C23H25N5O3. The summed E-state index contributed by atoms with van der Waals surface area (Å²) in [5.41, 5.74) is 2.24. The molecule has 1 aliphatic heterocycles. The van der Waals surface area contributed by atoms with Crippen molar-refractivity contribution in [3.8, 4) is 11.5 Å². The second kappa shape index (κ2) is 9.42. The van der Waals surface area contributed by atoms with Crippen LogP contribution in [0.25, 0.3) is 6.08 Å². The molecule has 1 amide bonds. The number of nitrogens with zero attached hydrogens (tertiary/aromatic N) is 3. The molecule has 0 fully saturated rings. The van der Waals surface area contributed by atoms with Crippen molar-refractivity contribution in [1.82, 2.24) is 20.6 Å². The van der Waals surface area contributed by atoms with E-state index in [4.69, 9.17) is 9.47 Å². The van der Waals surface area contributed by atoms with E-state index in [0.717, 1.165) is 12.0 Å². The largest absolute Gasteiger partial charge is 0.485 e. The van der Waals surface area contributed by atoms with Crippen molar-refractivity contribution in [3.63, 3.8) is 0 Å². The minimum absolute atomic E-state index is 0.164. The number of fused-ring (bicyclic) bond motifs is 1. The molecule has 2 heterocycles. The third-order valence-corrected chi connectivity index (χ3v) is 4.95. The molecule has 0 saturated heterocycles. The van der Waals surface area contributed by atoms with Gasteiger partial charge in [0.1, 0.15) is 6.61 Å². The van der Waals surface area contributed by atoms with Crippen molar-refractivity contribution in [2.75, 3.05) is 11.9 Å². The summed E-state index contributed by atoms with van der Waals surface area (Å²) in [7, 11) is 0. The Balaban J connectivity index is 1.57. The number of carbonyl (C=O) groups is 1. The Morgan fingerprint density at radius 1 is 1.23 bits per heavy atom. The van der Waals surface area contributed by atoms with E-state index in [-0.39, 0.29) is 12.5 Å². The van der Waals surface area contributed by atoms with Gasteiger partial charge in [-0.25, -0.2) is 0 Å². The number of benzene rings is 2. The Bertz CT molecular complexity index is 1050. The first-order chi connectivity index (χ1) is 15.1. The highest BCUT2D eigenvalue weighted by molar-refractivity contribution is 6.07.